The van der Waals surface area contributed by atoms with Gasteiger partial charge in [0.2, 0.25) is 0 Å². The van der Waals surface area contributed by atoms with Gasteiger partial charge in [0.05, 0.1) is 24.0 Å². The van der Waals surface area contributed by atoms with Gasteiger partial charge in [-0.2, -0.15) is 0 Å². The minimum atomic E-state index is -0.994. The number of hydrogen-bond acceptors (Lipinski definition) is 7. The Labute approximate surface area is 158 Å². The number of methoxy groups -OCH3 is 1. The van der Waals surface area contributed by atoms with E-state index < -0.39 is 5.97 Å². The van der Waals surface area contributed by atoms with E-state index in [0.717, 1.165) is 11.3 Å². The summed E-state index contributed by atoms with van der Waals surface area (Å²) in [7, 11) is 1.58. The number of aromatic carboxylic acids is 1. The summed E-state index contributed by atoms with van der Waals surface area (Å²) in [5.74, 6) is -1.18. The van der Waals surface area contributed by atoms with Gasteiger partial charge in [-0.25, -0.2) is 14.8 Å². The number of thiazole rings is 1. The van der Waals surface area contributed by atoms with Gasteiger partial charge in [-0.15, -0.1) is 0 Å². The molecular weight excluding hydrogens is 382 g/mol. The lowest BCUT2D eigenvalue weighted by Gasteiger charge is -2.37. The highest BCUT2D eigenvalue weighted by atomic mass is 35.5. The van der Waals surface area contributed by atoms with Crippen LogP contribution in [0.5, 0.6) is 0 Å². The number of hydrogen-bond donors (Lipinski definition) is 3. The van der Waals surface area contributed by atoms with Crippen molar-refractivity contribution in [2.75, 3.05) is 25.1 Å². The number of nitrogens with one attached hydrogen (secondary N) is 2. The van der Waals surface area contributed by atoms with Gasteiger partial charge in [-0.1, -0.05) is 22.9 Å². The number of rotatable bonds is 5. The van der Waals surface area contributed by atoms with Crippen LogP contribution in [0.2, 0.25) is 5.15 Å². The average Bonchev–Trinajstić information content (AvgIpc) is 3.23. The average molecular weight is 400 g/mol. The van der Waals surface area contributed by atoms with Crippen LogP contribution >= 0.6 is 22.9 Å². The molecule has 9 nitrogen and oxygen atoms in total. The number of carbonyl (C=O) groups excluding carboxylic acids is 1. The highest BCUT2D eigenvalue weighted by Crippen LogP contribution is 2.26. The summed E-state index contributed by atoms with van der Waals surface area (Å²) in [6.07, 6.45) is 1.71. The summed E-state index contributed by atoms with van der Waals surface area (Å²) in [4.78, 5) is 36.5. The summed E-state index contributed by atoms with van der Waals surface area (Å²) in [6.45, 7) is 2.85. The van der Waals surface area contributed by atoms with Crippen LogP contribution in [0.3, 0.4) is 0 Å². The van der Waals surface area contributed by atoms with Crippen molar-refractivity contribution in [3.8, 4) is 0 Å². The molecule has 1 saturated heterocycles. The Kier molecular flexibility index (Phi) is 5.44. The van der Waals surface area contributed by atoms with Gasteiger partial charge in [0.1, 0.15) is 4.88 Å². The Morgan fingerprint density at radius 1 is 1.54 bits per heavy atom. The molecule has 0 aromatic carbocycles. The topological polar surface area (TPSA) is 120 Å². The molecule has 140 valence electrons. The first-order chi connectivity index (χ1) is 12.4. The van der Waals surface area contributed by atoms with E-state index in [9.17, 15) is 9.59 Å². The molecule has 11 heteroatoms. The largest absolute Gasteiger partial charge is 0.477 e. The van der Waals surface area contributed by atoms with Crippen molar-refractivity contribution in [3.63, 3.8) is 0 Å². The summed E-state index contributed by atoms with van der Waals surface area (Å²) in [5, 5.41) is 12.8. The van der Waals surface area contributed by atoms with Crippen LogP contribution in [0.1, 0.15) is 32.4 Å². The molecule has 3 N–H and O–H groups in total. The highest BCUT2D eigenvalue weighted by Gasteiger charge is 2.32. The summed E-state index contributed by atoms with van der Waals surface area (Å²) >= 11 is 7.00. The number of carboxylic acid groups (broad SMARTS) is 1. The SMILES string of the molecule is CO[C@H]1CN(c2ncc(C(=O)O)s2)CC[C@H]1NC(=O)c1nc(Cl)c(C)[nH]1. The van der Waals surface area contributed by atoms with Gasteiger partial charge < -0.3 is 25.0 Å². The second-order valence-corrected chi connectivity index (χ2v) is 7.27. The standard InChI is InChI=1S/C15H18ClN5O4S/c1-7-11(16)20-12(18-7)13(22)19-8-3-4-21(6-9(8)25-2)15-17-5-10(26-15)14(23)24/h5,8-9H,3-4,6H2,1-2H3,(H,18,20)(H,19,22)(H,23,24)/t8-,9+/m1/s1. The first kappa shape index (κ1) is 18.6. The summed E-state index contributed by atoms with van der Waals surface area (Å²) < 4.78 is 5.52. The molecule has 0 aliphatic carbocycles. The zero-order valence-corrected chi connectivity index (χ0v) is 15.7. The van der Waals surface area contributed by atoms with Gasteiger partial charge >= 0.3 is 5.97 Å². The molecule has 3 heterocycles. The van der Waals surface area contributed by atoms with Crippen molar-refractivity contribution < 1.29 is 19.4 Å². The number of imidazole rings is 1. The Morgan fingerprint density at radius 2 is 2.31 bits per heavy atom. The fourth-order valence-electron chi connectivity index (χ4n) is 2.79. The van der Waals surface area contributed by atoms with Crippen LogP contribution in [-0.4, -0.2) is 64.3 Å². The number of piperidine rings is 1. The van der Waals surface area contributed by atoms with Crippen LogP contribution in [-0.2, 0) is 4.74 Å². The second-order valence-electron chi connectivity index (χ2n) is 5.90. The first-order valence-electron chi connectivity index (χ1n) is 7.89. The molecule has 0 unspecified atom stereocenters. The van der Waals surface area contributed by atoms with E-state index in [-0.39, 0.29) is 33.9 Å². The minimum absolute atomic E-state index is 0.163. The monoisotopic (exact) mass is 399 g/mol. The van der Waals surface area contributed by atoms with Crippen molar-refractivity contribution in [2.24, 2.45) is 0 Å². The molecular formula is C15H18ClN5O4S. The predicted octanol–water partition coefficient (Wildman–Crippen LogP) is 1.55. The summed E-state index contributed by atoms with van der Waals surface area (Å²) in [6, 6.07) is -0.202. The van der Waals surface area contributed by atoms with Crippen LogP contribution in [0.25, 0.3) is 0 Å². The van der Waals surface area contributed by atoms with Crippen molar-refractivity contribution in [2.45, 2.75) is 25.5 Å². The number of aryl methyl sites for hydroxylation is 1. The molecule has 1 fully saturated rings. The van der Waals surface area contributed by atoms with E-state index in [1.54, 1.807) is 14.0 Å². The number of amides is 1. The number of nitrogens with zero attached hydrogens (tertiary/aromatic N) is 3. The lowest BCUT2D eigenvalue weighted by Crippen LogP contribution is -2.55. The van der Waals surface area contributed by atoms with Crippen molar-refractivity contribution in [1.29, 1.82) is 0 Å². The molecule has 1 aliphatic rings. The third kappa shape index (κ3) is 3.81. The molecule has 3 rings (SSSR count). The van der Waals surface area contributed by atoms with Crippen LogP contribution < -0.4 is 10.2 Å². The van der Waals surface area contributed by atoms with Crippen molar-refractivity contribution in [3.05, 3.63) is 27.7 Å². The van der Waals surface area contributed by atoms with Gasteiger partial charge in [-0.3, -0.25) is 4.79 Å². The normalized spacial score (nSPS) is 20.2. The maximum absolute atomic E-state index is 12.4. The number of H-pyrrole nitrogens is 1. The molecule has 0 radical (unpaired) electrons. The number of carboxylic acids is 1. The van der Waals surface area contributed by atoms with E-state index in [0.29, 0.717) is 30.3 Å². The maximum atomic E-state index is 12.4. The number of carbonyl (C=O) groups is 2. The summed E-state index contributed by atoms with van der Waals surface area (Å²) in [5.41, 5.74) is 0.632. The zero-order valence-electron chi connectivity index (χ0n) is 14.2. The minimum Gasteiger partial charge on any atom is -0.477 e. The Bertz CT molecular complexity index is 803. The quantitative estimate of drug-likeness (QED) is 0.697. The number of ether oxygens (including phenoxy) is 1. The van der Waals surface area contributed by atoms with Crippen LogP contribution in [0, 0.1) is 6.92 Å². The molecule has 1 amide bonds. The van der Waals surface area contributed by atoms with Crippen molar-refractivity contribution in [1.82, 2.24) is 20.3 Å². The molecule has 0 saturated carbocycles. The number of anilines is 1. The third-order valence-electron chi connectivity index (χ3n) is 4.19. The van der Waals surface area contributed by atoms with Gasteiger partial charge in [0.25, 0.3) is 5.91 Å². The third-order valence-corrected chi connectivity index (χ3v) is 5.61. The predicted molar refractivity (Wildman–Crippen MR) is 96.3 cm³/mol. The van der Waals surface area contributed by atoms with Crippen LogP contribution in [0.15, 0.2) is 6.20 Å². The van der Waals surface area contributed by atoms with Crippen LogP contribution in [0.4, 0.5) is 5.13 Å². The van der Waals surface area contributed by atoms with E-state index in [1.165, 1.54) is 6.20 Å². The lowest BCUT2D eigenvalue weighted by molar-refractivity contribution is 0.0538. The number of aromatic amines is 1. The number of aromatic nitrogens is 3. The zero-order chi connectivity index (χ0) is 18.8. The highest BCUT2D eigenvalue weighted by molar-refractivity contribution is 7.17. The second kappa shape index (κ2) is 7.60. The maximum Gasteiger partial charge on any atom is 0.347 e. The molecule has 2 aromatic rings. The van der Waals surface area contributed by atoms with E-state index in [1.807, 2.05) is 4.90 Å². The molecule has 2 atom stereocenters. The van der Waals surface area contributed by atoms with E-state index >= 15 is 0 Å². The van der Waals surface area contributed by atoms with E-state index in [4.69, 9.17) is 21.4 Å². The van der Waals surface area contributed by atoms with Gasteiger partial charge in [0, 0.05) is 20.2 Å². The Morgan fingerprint density at radius 3 is 2.88 bits per heavy atom. The molecule has 0 bridgehead atoms. The number of halogens is 1. The molecule has 26 heavy (non-hydrogen) atoms. The molecule has 1 aliphatic heterocycles. The fraction of sp³-hybridized carbons (Fsp3) is 0.467. The fourth-order valence-corrected chi connectivity index (χ4v) is 3.71. The molecule has 2 aromatic heterocycles. The lowest BCUT2D eigenvalue weighted by atomic mass is 10.0. The smallest absolute Gasteiger partial charge is 0.347 e. The van der Waals surface area contributed by atoms with E-state index in [2.05, 4.69) is 20.3 Å². The van der Waals surface area contributed by atoms with Gasteiger partial charge in [-0.05, 0) is 13.3 Å². The van der Waals surface area contributed by atoms with Gasteiger partial charge in [0.15, 0.2) is 16.1 Å². The Balaban J connectivity index is 1.65. The Hall–Kier alpha value is -2.17. The first-order valence-corrected chi connectivity index (χ1v) is 9.08. The van der Waals surface area contributed by atoms with Crippen molar-refractivity contribution >= 4 is 39.9 Å². The molecule has 0 spiro atoms.